The molecule has 16 heavy (non-hydrogen) atoms. The Balaban J connectivity index is 2.78. The first-order valence-corrected chi connectivity index (χ1v) is 4.94. The maximum Gasteiger partial charge on any atom is 0.253 e. The van der Waals surface area contributed by atoms with Crippen molar-refractivity contribution in [2.24, 2.45) is 0 Å². The van der Waals surface area contributed by atoms with Gasteiger partial charge in [0.25, 0.3) is 5.91 Å². The summed E-state index contributed by atoms with van der Waals surface area (Å²) in [5.41, 5.74) is 12.5. The lowest BCUT2D eigenvalue weighted by molar-refractivity contribution is 0.0942. The van der Waals surface area contributed by atoms with Crippen molar-refractivity contribution in [3.63, 3.8) is 0 Å². The number of amides is 1. The van der Waals surface area contributed by atoms with Crippen LogP contribution in [0.4, 0.5) is 11.4 Å². The standard InChI is InChI=1S/C12H15N3O/c1-3-4-8(2)15-12(16)10-6-5-9(13)7-11(10)14/h1,5-8H,4,13-14H2,2H3,(H,15,16). The van der Waals surface area contributed by atoms with Gasteiger partial charge in [0.05, 0.1) is 5.56 Å². The van der Waals surface area contributed by atoms with E-state index in [-0.39, 0.29) is 11.9 Å². The van der Waals surface area contributed by atoms with Crippen LogP contribution in [-0.2, 0) is 0 Å². The van der Waals surface area contributed by atoms with Gasteiger partial charge in [0.15, 0.2) is 0 Å². The number of benzene rings is 1. The Morgan fingerprint density at radius 2 is 2.25 bits per heavy atom. The predicted molar refractivity (Wildman–Crippen MR) is 65.6 cm³/mol. The van der Waals surface area contributed by atoms with E-state index in [1.165, 1.54) is 0 Å². The highest BCUT2D eigenvalue weighted by Gasteiger charge is 2.11. The van der Waals surface area contributed by atoms with Gasteiger partial charge in [-0.1, -0.05) is 0 Å². The van der Waals surface area contributed by atoms with Gasteiger partial charge in [-0.05, 0) is 25.1 Å². The number of terminal acetylenes is 1. The molecule has 0 spiro atoms. The van der Waals surface area contributed by atoms with Gasteiger partial charge in [-0.25, -0.2) is 0 Å². The summed E-state index contributed by atoms with van der Waals surface area (Å²) in [6, 6.07) is 4.72. The third kappa shape index (κ3) is 2.92. The van der Waals surface area contributed by atoms with Gasteiger partial charge in [0, 0.05) is 23.8 Å². The van der Waals surface area contributed by atoms with Crippen molar-refractivity contribution in [2.45, 2.75) is 19.4 Å². The highest BCUT2D eigenvalue weighted by atomic mass is 16.1. The van der Waals surface area contributed by atoms with Gasteiger partial charge in [-0.3, -0.25) is 4.79 Å². The monoisotopic (exact) mass is 217 g/mol. The van der Waals surface area contributed by atoms with Gasteiger partial charge in [0.1, 0.15) is 0 Å². The van der Waals surface area contributed by atoms with Crippen molar-refractivity contribution in [3.05, 3.63) is 23.8 Å². The van der Waals surface area contributed by atoms with E-state index in [1.54, 1.807) is 18.2 Å². The minimum Gasteiger partial charge on any atom is -0.399 e. The summed E-state index contributed by atoms with van der Waals surface area (Å²) in [5, 5.41) is 2.76. The average Bonchev–Trinajstić information content (AvgIpc) is 2.17. The van der Waals surface area contributed by atoms with Crippen LogP contribution in [0, 0.1) is 12.3 Å². The molecular formula is C12H15N3O. The van der Waals surface area contributed by atoms with Crippen molar-refractivity contribution in [3.8, 4) is 12.3 Å². The Labute approximate surface area is 95.0 Å². The molecule has 4 nitrogen and oxygen atoms in total. The molecule has 0 bridgehead atoms. The Bertz CT molecular complexity index is 434. The van der Waals surface area contributed by atoms with Crippen LogP contribution in [0.25, 0.3) is 0 Å². The number of nitrogens with one attached hydrogen (secondary N) is 1. The largest absolute Gasteiger partial charge is 0.399 e. The number of carbonyl (C=O) groups excluding carboxylic acids is 1. The lowest BCUT2D eigenvalue weighted by atomic mass is 10.1. The molecule has 1 aromatic rings. The third-order valence-corrected chi connectivity index (χ3v) is 2.12. The SMILES string of the molecule is C#CCC(C)NC(=O)c1ccc(N)cc1N. The molecule has 0 aromatic heterocycles. The fraction of sp³-hybridized carbons (Fsp3) is 0.250. The van der Waals surface area contributed by atoms with E-state index in [0.717, 1.165) is 0 Å². The average molecular weight is 217 g/mol. The Hall–Kier alpha value is -2.15. The highest BCUT2D eigenvalue weighted by molar-refractivity contribution is 5.99. The first-order chi connectivity index (χ1) is 7.54. The molecule has 0 saturated heterocycles. The Morgan fingerprint density at radius 3 is 2.81 bits per heavy atom. The van der Waals surface area contributed by atoms with Crippen molar-refractivity contribution >= 4 is 17.3 Å². The summed E-state index contributed by atoms with van der Waals surface area (Å²) in [6.45, 7) is 1.84. The molecule has 1 unspecified atom stereocenters. The molecule has 0 saturated carbocycles. The van der Waals surface area contributed by atoms with Gasteiger partial charge >= 0.3 is 0 Å². The number of carbonyl (C=O) groups is 1. The quantitative estimate of drug-likeness (QED) is 0.521. The normalized spacial score (nSPS) is 11.5. The smallest absolute Gasteiger partial charge is 0.253 e. The number of rotatable bonds is 3. The van der Waals surface area contributed by atoms with E-state index >= 15 is 0 Å². The van der Waals surface area contributed by atoms with Crippen LogP contribution in [0.2, 0.25) is 0 Å². The van der Waals surface area contributed by atoms with E-state index in [4.69, 9.17) is 17.9 Å². The molecule has 84 valence electrons. The number of nitrogens with two attached hydrogens (primary N) is 2. The lowest BCUT2D eigenvalue weighted by Gasteiger charge is -2.12. The van der Waals surface area contributed by atoms with Gasteiger partial charge in [-0.15, -0.1) is 12.3 Å². The summed E-state index contributed by atoms with van der Waals surface area (Å²) in [5.74, 6) is 2.25. The van der Waals surface area contributed by atoms with Crippen LogP contribution < -0.4 is 16.8 Å². The second kappa shape index (κ2) is 5.08. The van der Waals surface area contributed by atoms with Gasteiger partial charge in [0.2, 0.25) is 0 Å². The van der Waals surface area contributed by atoms with Crippen molar-refractivity contribution in [1.82, 2.24) is 5.32 Å². The molecule has 0 aliphatic rings. The summed E-state index contributed by atoms with van der Waals surface area (Å²) in [6.07, 6.45) is 5.64. The van der Waals surface area contributed by atoms with Crippen LogP contribution in [0.1, 0.15) is 23.7 Å². The van der Waals surface area contributed by atoms with E-state index in [2.05, 4.69) is 11.2 Å². The first-order valence-electron chi connectivity index (χ1n) is 4.94. The molecule has 5 N–H and O–H groups in total. The van der Waals surface area contributed by atoms with E-state index in [0.29, 0.717) is 23.4 Å². The first kappa shape index (κ1) is 11.9. The van der Waals surface area contributed by atoms with Crippen LogP contribution in [0.3, 0.4) is 0 Å². The third-order valence-electron chi connectivity index (χ3n) is 2.12. The summed E-state index contributed by atoms with van der Waals surface area (Å²) in [4.78, 5) is 11.8. The Kier molecular flexibility index (Phi) is 3.78. The van der Waals surface area contributed by atoms with E-state index in [9.17, 15) is 4.79 Å². The zero-order valence-electron chi connectivity index (χ0n) is 9.16. The summed E-state index contributed by atoms with van der Waals surface area (Å²) in [7, 11) is 0. The molecule has 1 rings (SSSR count). The predicted octanol–water partition coefficient (Wildman–Crippen LogP) is 0.993. The lowest BCUT2D eigenvalue weighted by Crippen LogP contribution is -2.32. The molecule has 1 atom stereocenters. The van der Waals surface area contributed by atoms with Gasteiger partial charge in [-0.2, -0.15) is 0 Å². The molecule has 0 fully saturated rings. The number of nitrogen functional groups attached to an aromatic ring is 2. The van der Waals surface area contributed by atoms with Crippen LogP contribution in [0.15, 0.2) is 18.2 Å². The van der Waals surface area contributed by atoms with E-state index < -0.39 is 0 Å². The summed E-state index contributed by atoms with van der Waals surface area (Å²) < 4.78 is 0. The van der Waals surface area contributed by atoms with Crippen LogP contribution in [-0.4, -0.2) is 11.9 Å². The van der Waals surface area contributed by atoms with Crippen molar-refractivity contribution in [1.29, 1.82) is 0 Å². The van der Waals surface area contributed by atoms with Gasteiger partial charge < -0.3 is 16.8 Å². The molecule has 1 aromatic carbocycles. The molecule has 0 radical (unpaired) electrons. The maximum absolute atomic E-state index is 11.8. The molecular weight excluding hydrogens is 202 g/mol. The van der Waals surface area contributed by atoms with Crippen LogP contribution >= 0.6 is 0 Å². The molecule has 0 aliphatic carbocycles. The minimum atomic E-state index is -0.236. The maximum atomic E-state index is 11.8. The molecule has 0 aliphatic heterocycles. The number of hydrogen-bond donors (Lipinski definition) is 3. The van der Waals surface area contributed by atoms with Crippen LogP contribution in [0.5, 0.6) is 0 Å². The topological polar surface area (TPSA) is 81.1 Å². The van der Waals surface area contributed by atoms with E-state index in [1.807, 2.05) is 6.92 Å². The number of anilines is 2. The zero-order valence-corrected chi connectivity index (χ0v) is 9.16. The minimum absolute atomic E-state index is 0.0746. The highest BCUT2D eigenvalue weighted by Crippen LogP contribution is 2.15. The molecule has 0 heterocycles. The fourth-order valence-electron chi connectivity index (χ4n) is 1.32. The zero-order chi connectivity index (χ0) is 12.1. The Morgan fingerprint density at radius 1 is 1.56 bits per heavy atom. The van der Waals surface area contributed by atoms with Crippen molar-refractivity contribution in [2.75, 3.05) is 11.5 Å². The second-order valence-electron chi connectivity index (χ2n) is 3.63. The molecule has 4 heteroatoms. The van der Waals surface area contributed by atoms with Crippen molar-refractivity contribution < 1.29 is 4.79 Å². The molecule has 1 amide bonds. The number of hydrogen-bond acceptors (Lipinski definition) is 3. The fourth-order valence-corrected chi connectivity index (χ4v) is 1.32. The summed E-state index contributed by atoms with van der Waals surface area (Å²) >= 11 is 0. The second-order valence-corrected chi connectivity index (χ2v) is 3.63.